The van der Waals surface area contributed by atoms with Crippen LogP contribution in [0.3, 0.4) is 0 Å². The van der Waals surface area contributed by atoms with Gasteiger partial charge in [-0.3, -0.25) is 0 Å². The number of hydrogen-bond donors (Lipinski definition) is 1. The number of benzene rings is 1. The van der Waals surface area contributed by atoms with E-state index in [1.165, 1.54) is 11.3 Å². The van der Waals surface area contributed by atoms with Crippen molar-refractivity contribution in [3.8, 4) is 0 Å². The summed E-state index contributed by atoms with van der Waals surface area (Å²) < 4.78 is 0. The maximum atomic E-state index is 9.18. The van der Waals surface area contributed by atoms with Gasteiger partial charge < -0.3 is 10.0 Å². The zero-order chi connectivity index (χ0) is 13.2. The molecule has 1 aromatic carbocycles. The molecule has 0 saturated heterocycles. The molecule has 2 aromatic rings. The minimum absolute atomic E-state index is 0.0112. The fraction of sp³-hybridized carbons (Fsp3) is 0.333. The first-order chi connectivity index (χ1) is 9.29. The van der Waals surface area contributed by atoms with Gasteiger partial charge in [0.05, 0.1) is 6.61 Å². The summed E-state index contributed by atoms with van der Waals surface area (Å²) in [5, 5.41) is 9.18. The van der Waals surface area contributed by atoms with Crippen LogP contribution >= 0.6 is 0 Å². The van der Waals surface area contributed by atoms with Crippen molar-refractivity contribution in [3.63, 3.8) is 0 Å². The van der Waals surface area contributed by atoms with Crippen molar-refractivity contribution in [2.24, 2.45) is 0 Å². The summed E-state index contributed by atoms with van der Waals surface area (Å²) in [6.45, 7) is 2.84. The molecule has 0 atom stereocenters. The van der Waals surface area contributed by atoms with Crippen LogP contribution in [0.4, 0.5) is 11.6 Å². The van der Waals surface area contributed by atoms with Gasteiger partial charge in [-0.05, 0) is 31.4 Å². The van der Waals surface area contributed by atoms with E-state index in [1.54, 1.807) is 6.20 Å². The number of anilines is 2. The van der Waals surface area contributed by atoms with Crippen LogP contribution in [0.15, 0.2) is 30.5 Å². The second-order valence-corrected chi connectivity index (χ2v) is 4.82. The highest BCUT2D eigenvalue weighted by Gasteiger charge is 2.20. The van der Waals surface area contributed by atoms with Gasteiger partial charge >= 0.3 is 0 Å². The minimum atomic E-state index is -0.0112. The largest absolute Gasteiger partial charge is 0.392 e. The summed E-state index contributed by atoms with van der Waals surface area (Å²) in [5.41, 5.74) is 4.18. The molecule has 0 bridgehead atoms. The standard InChI is InChI=1S/C15H17N3O/c1-11-13(10-19)9-16-15(17-11)18-8-4-6-12-5-2-3-7-14(12)18/h2-3,5,7,9,19H,4,6,8,10H2,1H3. The number of aryl methyl sites for hydroxylation is 2. The zero-order valence-electron chi connectivity index (χ0n) is 11.0. The third-order valence-corrected chi connectivity index (χ3v) is 3.59. The molecule has 3 rings (SSSR count). The number of aliphatic hydroxyl groups excluding tert-OH is 1. The number of para-hydroxylation sites is 1. The summed E-state index contributed by atoms with van der Waals surface area (Å²) in [7, 11) is 0. The molecule has 2 heterocycles. The van der Waals surface area contributed by atoms with Gasteiger partial charge in [0, 0.05) is 29.7 Å². The summed E-state index contributed by atoms with van der Waals surface area (Å²) >= 11 is 0. The normalized spacial score (nSPS) is 14.3. The van der Waals surface area contributed by atoms with Gasteiger partial charge in [0.15, 0.2) is 0 Å². The Balaban J connectivity index is 2.02. The topological polar surface area (TPSA) is 49.2 Å². The van der Waals surface area contributed by atoms with Gasteiger partial charge in [0.25, 0.3) is 0 Å². The Morgan fingerprint density at radius 3 is 2.95 bits per heavy atom. The average Bonchev–Trinajstić information content (AvgIpc) is 2.46. The SMILES string of the molecule is Cc1nc(N2CCCc3ccccc32)ncc1CO. The van der Waals surface area contributed by atoms with Crippen LogP contribution in [-0.2, 0) is 13.0 Å². The number of nitrogens with zero attached hydrogens (tertiary/aromatic N) is 3. The molecule has 0 unspecified atom stereocenters. The van der Waals surface area contributed by atoms with Crippen LogP contribution in [0.5, 0.6) is 0 Å². The molecule has 0 amide bonds. The summed E-state index contributed by atoms with van der Waals surface area (Å²) in [4.78, 5) is 11.1. The second kappa shape index (κ2) is 4.97. The van der Waals surface area contributed by atoms with E-state index in [0.29, 0.717) is 0 Å². The van der Waals surface area contributed by atoms with Crippen molar-refractivity contribution in [2.75, 3.05) is 11.4 Å². The first-order valence-corrected chi connectivity index (χ1v) is 6.58. The van der Waals surface area contributed by atoms with Crippen LogP contribution in [0.1, 0.15) is 23.2 Å². The molecule has 0 fully saturated rings. The van der Waals surface area contributed by atoms with Crippen molar-refractivity contribution >= 4 is 11.6 Å². The molecule has 0 aliphatic carbocycles. The molecule has 4 heteroatoms. The van der Waals surface area contributed by atoms with Crippen molar-refractivity contribution in [2.45, 2.75) is 26.4 Å². The van der Waals surface area contributed by atoms with E-state index >= 15 is 0 Å². The highest BCUT2D eigenvalue weighted by molar-refractivity contribution is 5.63. The monoisotopic (exact) mass is 255 g/mol. The van der Waals surface area contributed by atoms with Crippen LogP contribution in [-0.4, -0.2) is 21.6 Å². The lowest BCUT2D eigenvalue weighted by Gasteiger charge is -2.29. The van der Waals surface area contributed by atoms with Crippen LogP contribution < -0.4 is 4.90 Å². The van der Waals surface area contributed by atoms with E-state index < -0.39 is 0 Å². The molecule has 1 aromatic heterocycles. The molecular formula is C15H17N3O. The van der Waals surface area contributed by atoms with E-state index in [0.717, 1.165) is 36.6 Å². The maximum absolute atomic E-state index is 9.18. The van der Waals surface area contributed by atoms with Gasteiger partial charge in [-0.15, -0.1) is 0 Å². The van der Waals surface area contributed by atoms with Crippen molar-refractivity contribution < 1.29 is 5.11 Å². The second-order valence-electron chi connectivity index (χ2n) is 4.82. The third kappa shape index (κ3) is 2.19. The zero-order valence-corrected chi connectivity index (χ0v) is 11.0. The third-order valence-electron chi connectivity index (χ3n) is 3.59. The molecule has 0 radical (unpaired) electrons. The Bertz CT molecular complexity index is 598. The highest BCUT2D eigenvalue weighted by Crippen LogP contribution is 2.31. The van der Waals surface area contributed by atoms with Gasteiger partial charge in [-0.25, -0.2) is 9.97 Å². The number of fused-ring (bicyclic) bond motifs is 1. The molecule has 98 valence electrons. The predicted molar refractivity (Wildman–Crippen MR) is 74.5 cm³/mol. The van der Waals surface area contributed by atoms with Crippen LogP contribution in [0, 0.1) is 6.92 Å². The van der Waals surface area contributed by atoms with Crippen molar-refractivity contribution in [1.82, 2.24) is 9.97 Å². The molecule has 1 aliphatic heterocycles. The number of rotatable bonds is 2. The lowest BCUT2D eigenvalue weighted by atomic mass is 10.0. The Morgan fingerprint density at radius 2 is 2.16 bits per heavy atom. The Labute approximate surface area is 112 Å². The molecule has 0 saturated carbocycles. The quantitative estimate of drug-likeness (QED) is 0.895. The lowest BCUT2D eigenvalue weighted by Crippen LogP contribution is -2.26. The average molecular weight is 255 g/mol. The minimum Gasteiger partial charge on any atom is -0.392 e. The molecule has 4 nitrogen and oxygen atoms in total. The summed E-state index contributed by atoms with van der Waals surface area (Å²) in [5.74, 6) is 0.724. The van der Waals surface area contributed by atoms with E-state index in [2.05, 4.69) is 33.1 Å². The Kier molecular flexibility index (Phi) is 3.17. The van der Waals surface area contributed by atoms with Gasteiger partial charge in [-0.2, -0.15) is 0 Å². The molecule has 0 spiro atoms. The lowest BCUT2D eigenvalue weighted by molar-refractivity contribution is 0.280. The molecule has 1 aliphatic rings. The van der Waals surface area contributed by atoms with Gasteiger partial charge in [-0.1, -0.05) is 18.2 Å². The summed E-state index contributed by atoms with van der Waals surface area (Å²) in [6, 6.07) is 8.40. The number of aromatic nitrogens is 2. The van der Waals surface area contributed by atoms with Gasteiger partial charge in [0.1, 0.15) is 0 Å². The fourth-order valence-electron chi connectivity index (χ4n) is 2.51. The van der Waals surface area contributed by atoms with Crippen molar-refractivity contribution in [3.05, 3.63) is 47.3 Å². The fourth-order valence-corrected chi connectivity index (χ4v) is 2.51. The first-order valence-electron chi connectivity index (χ1n) is 6.58. The number of hydrogen-bond acceptors (Lipinski definition) is 4. The Morgan fingerprint density at radius 1 is 1.32 bits per heavy atom. The molecular weight excluding hydrogens is 238 g/mol. The molecule has 19 heavy (non-hydrogen) atoms. The first kappa shape index (κ1) is 12.1. The van der Waals surface area contributed by atoms with E-state index in [-0.39, 0.29) is 6.61 Å². The van der Waals surface area contributed by atoms with Crippen LogP contribution in [0.25, 0.3) is 0 Å². The predicted octanol–water partition coefficient (Wildman–Crippen LogP) is 2.36. The van der Waals surface area contributed by atoms with E-state index in [1.807, 2.05) is 13.0 Å². The van der Waals surface area contributed by atoms with Crippen molar-refractivity contribution in [1.29, 1.82) is 0 Å². The molecule has 1 N–H and O–H groups in total. The van der Waals surface area contributed by atoms with Crippen LogP contribution in [0.2, 0.25) is 0 Å². The van der Waals surface area contributed by atoms with E-state index in [4.69, 9.17) is 0 Å². The maximum Gasteiger partial charge on any atom is 0.230 e. The van der Waals surface area contributed by atoms with E-state index in [9.17, 15) is 5.11 Å². The summed E-state index contributed by atoms with van der Waals surface area (Å²) in [6.07, 6.45) is 3.94. The van der Waals surface area contributed by atoms with Gasteiger partial charge in [0.2, 0.25) is 5.95 Å². The highest BCUT2D eigenvalue weighted by atomic mass is 16.3. The smallest absolute Gasteiger partial charge is 0.230 e. The Hall–Kier alpha value is -1.94. The number of aliphatic hydroxyl groups is 1.